The van der Waals surface area contributed by atoms with Gasteiger partial charge in [-0.2, -0.15) is 0 Å². The molecule has 1 saturated carbocycles. The Hall–Kier alpha value is -1.28. The first-order chi connectivity index (χ1) is 10.5. The summed E-state index contributed by atoms with van der Waals surface area (Å²) in [5, 5.41) is 10.8. The average molecular weight is 340 g/mol. The highest BCUT2D eigenvalue weighted by Crippen LogP contribution is 2.24. The van der Waals surface area contributed by atoms with E-state index in [9.17, 15) is 8.42 Å². The molecule has 120 valence electrons. The summed E-state index contributed by atoms with van der Waals surface area (Å²) >= 11 is 1.56. The molecular formula is C14H20N4O2S2. The maximum Gasteiger partial charge on any atom is 0.154 e. The highest BCUT2D eigenvalue weighted by atomic mass is 32.2. The van der Waals surface area contributed by atoms with Crippen LogP contribution in [0.25, 0.3) is 11.4 Å². The minimum Gasteiger partial charge on any atom is -0.251 e. The van der Waals surface area contributed by atoms with Gasteiger partial charge in [0.25, 0.3) is 0 Å². The van der Waals surface area contributed by atoms with Gasteiger partial charge in [0.15, 0.2) is 9.84 Å². The summed E-state index contributed by atoms with van der Waals surface area (Å²) in [5.74, 6) is 0.135. The minimum atomic E-state index is -3.03. The number of rotatable bonds is 5. The van der Waals surface area contributed by atoms with Crippen molar-refractivity contribution < 1.29 is 8.42 Å². The SMILES string of the molecule is Cc1nc(-c2cn(CCS(=O)(=O)C3CCCCC3)nn2)cs1. The molecule has 22 heavy (non-hydrogen) atoms. The van der Waals surface area contributed by atoms with Gasteiger partial charge in [-0.25, -0.2) is 13.4 Å². The third-order valence-electron chi connectivity index (χ3n) is 4.09. The fourth-order valence-electron chi connectivity index (χ4n) is 2.82. The molecule has 0 N–H and O–H groups in total. The fraction of sp³-hybridized carbons (Fsp3) is 0.643. The quantitative estimate of drug-likeness (QED) is 0.835. The van der Waals surface area contributed by atoms with Crippen molar-refractivity contribution in [2.75, 3.05) is 5.75 Å². The number of thiazole rings is 1. The highest BCUT2D eigenvalue weighted by molar-refractivity contribution is 7.92. The molecule has 1 fully saturated rings. The van der Waals surface area contributed by atoms with Crippen LogP contribution in [0.1, 0.15) is 37.1 Å². The topological polar surface area (TPSA) is 77.7 Å². The molecule has 0 atom stereocenters. The Morgan fingerprint density at radius 2 is 2.05 bits per heavy atom. The Morgan fingerprint density at radius 3 is 2.73 bits per heavy atom. The van der Waals surface area contributed by atoms with E-state index >= 15 is 0 Å². The first-order valence-corrected chi connectivity index (χ1v) is 10.2. The molecular weight excluding hydrogens is 320 g/mol. The molecule has 0 saturated heterocycles. The van der Waals surface area contributed by atoms with Crippen molar-refractivity contribution in [2.45, 2.75) is 50.8 Å². The molecule has 3 rings (SSSR count). The van der Waals surface area contributed by atoms with Gasteiger partial charge in [0, 0.05) is 5.38 Å². The Kier molecular flexibility index (Phi) is 4.58. The lowest BCUT2D eigenvalue weighted by Gasteiger charge is -2.21. The van der Waals surface area contributed by atoms with Crippen molar-refractivity contribution in [2.24, 2.45) is 0 Å². The molecule has 6 nitrogen and oxygen atoms in total. The van der Waals surface area contributed by atoms with E-state index in [0.717, 1.165) is 42.8 Å². The number of aromatic nitrogens is 4. The Balaban J connectivity index is 1.63. The zero-order valence-corrected chi connectivity index (χ0v) is 14.2. The molecule has 8 heteroatoms. The average Bonchev–Trinajstić information content (AvgIpc) is 3.15. The van der Waals surface area contributed by atoms with Crippen molar-refractivity contribution >= 4 is 21.2 Å². The van der Waals surface area contributed by atoms with E-state index < -0.39 is 9.84 Å². The smallest absolute Gasteiger partial charge is 0.154 e. The van der Waals surface area contributed by atoms with Gasteiger partial charge in [-0.3, -0.25) is 4.68 Å². The second-order valence-corrected chi connectivity index (χ2v) is 9.21. The Morgan fingerprint density at radius 1 is 1.27 bits per heavy atom. The monoisotopic (exact) mass is 340 g/mol. The van der Waals surface area contributed by atoms with Crippen LogP contribution in [0.3, 0.4) is 0 Å². The first-order valence-electron chi connectivity index (χ1n) is 7.59. The van der Waals surface area contributed by atoms with E-state index in [1.165, 1.54) is 0 Å². The number of nitrogens with zero attached hydrogens (tertiary/aromatic N) is 4. The summed E-state index contributed by atoms with van der Waals surface area (Å²) < 4.78 is 26.3. The van der Waals surface area contributed by atoms with E-state index in [4.69, 9.17) is 0 Å². The summed E-state index contributed by atoms with van der Waals surface area (Å²) in [5.41, 5.74) is 1.49. The van der Waals surface area contributed by atoms with E-state index in [1.807, 2.05) is 12.3 Å². The number of hydrogen-bond donors (Lipinski definition) is 0. The fourth-order valence-corrected chi connectivity index (χ4v) is 5.25. The van der Waals surface area contributed by atoms with Gasteiger partial charge in [0.2, 0.25) is 0 Å². The predicted molar refractivity (Wildman–Crippen MR) is 86.5 cm³/mol. The Labute approximate surface area is 134 Å². The van der Waals surface area contributed by atoms with Crippen LogP contribution in [0.4, 0.5) is 0 Å². The lowest BCUT2D eigenvalue weighted by atomic mass is 10.0. The zero-order valence-electron chi connectivity index (χ0n) is 12.6. The lowest BCUT2D eigenvalue weighted by Crippen LogP contribution is -2.28. The third kappa shape index (κ3) is 3.55. The van der Waals surface area contributed by atoms with Crippen LogP contribution in [0.15, 0.2) is 11.6 Å². The van der Waals surface area contributed by atoms with Crippen LogP contribution in [-0.4, -0.2) is 39.4 Å². The van der Waals surface area contributed by atoms with Crippen molar-refractivity contribution in [3.8, 4) is 11.4 Å². The maximum absolute atomic E-state index is 12.4. The van der Waals surface area contributed by atoms with E-state index in [2.05, 4.69) is 15.3 Å². The van der Waals surface area contributed by atoms with Crippen LogP contribution < -0.4 is 0 Å². The summed E-state index contributed by atoms with van der Waals surface area (Å²) in [6, 6.07) is 0. The van der Waals surface area contributed by atoms with Crippen LogP contribution in [-0.2, 0) is 16.4 Å². The lowest BCUT2D eigenvalue weighted by molar-refractivity contribution is 0.480. The normalized spacial score (nSPS) is 17.0. The number of sulfone groups is 1. The van der Waals surface area contributed by atoms with Gasteiger partial charge in [-0.05, 0) is 19.8 Å². The highest BCUT2D eigenvalue weighted by Gasteiger charge is 2.27. The van der Waals surface area contributed by atoms with Gasteiger partial charge in [-0.1, -0.05) is 24.5 Å². The van der Waals surface area contributed by atoms with Crippen LogP contribution in [0, 0.1) is 6.92 Å². The van der Waals surface area contributed by atoms with Gasteiger partial charge in [-0.15, -0.1) is 16.4 Å². The van der Waals surface area contributed by atoms with Gasteiger partial charge >= 0.3 is 0 Å². The summed E-state index contributed by atoms with van der Waals surface area (Å²) in [6.45, 7) is 2.30. The predicted octanol–water partition coefficient (Wildman–Crippen LogP) is 2.46. The molecule has 2 heterocycles. The number of hydrogen-bond acceptors (Lipinski definition) is 6. The summed E-state index contributed by atoms with van der Waals surface area (Å²) in [4.78, 5) is 4.36. The molecule has 0 amide bonds. The van der Waals surface area contributed by atoms with Crippen molar-refractivity contribution in [1.29, 1.82) is 0 Å². The standard InChI is InChI=1S/C14H20N4O2S2/c1-11-15-14(10-21-11)13-9-18(17-16-13)7-8-22(19,20)12-5-3-2-4-6-12/h9-10,12H,2-8H2,1H3. The van der Waals surface area contributed by atoms with Crippen LogP contribution in [0.2, 0.25) is 0 Å². The van der Waals surface area contributed by atoms with E-state index in [0.29, 0.717) is 12.2 Å². The summed E-state index contributed by atoms with van der Waals surface area (Å²) in [7, 11) is -3.03. The Bertz CT molecular complexity index is 730. The maximum atomic E-state index is 12.4. The molecule has 0 spiro atoms. The van der Waals surface area contributed by atoms with Crippen molar-refractivity contribution in [3.63, 3.8) is 0 Å². The number of aryl methyl sites for hydroxylation is 2. The molecule has 1 aliphatic rings. The molecule has 0 aromatic carbocycles. The second kappa shape index (κ2) is 6.45. The van der Waals surface area contributed by atoms with Gasteiger partial charge in [0.1, 0.15) is 11.4 Å². The minimum absolute atomic E-state index is 0.135. The molecule has 0 bridgehead atoms. The zero-order chi connectivity index (χ0) is 15.6. The molecule has 0 unspecified atom stereocenters. The summed E-state index contributed by atoms with van der Waals surface area (Å²) in [6.07, 6.45) is 6.60. The van der Waals surface area contributed by atoms with Gasteiger partial charge < -0.3 is 0 Å². The third-order valence-corrected chi connectivity index (χ3v) is 7.10. The molecule has 2 aromatic heterocycles. The van der Waals surface area contributed by atoms with Crippen molar-refractivity contribution in [3.05, 3.63) is 16.6 Å². The molecule has 0 aliphatic heterocycles. The molecule has 2 aromatic rings. The van der Waals surface area contributed by atoms with E-state index in [1.54, 1.807) is 22.2 Å². The second-order valence-electron chi connectivity index (χ2n) is 5.75. The molecule has 0 radical (unpaired) electrons. The van der Waals surface area contributed by atoms with E-state index in [-0.39, 0.29) is 11.0 Å². The largest absolute Gasteiger partial charge is 0.251 e. The molecule has 1 aliphatic carbocycles. The van der Waals surface area contributed by atoms with Gasteiger partial charge in [0.05, 0.1) is 28.8 Å². The van der Waals surface area contributed by atoms with Crippen molar-refractivity contribution in [1.82, 2.24) is 20.0 Å². The first kappa shape index (κ1) is 15.6. The van der Waals surface area contributed by atoms with Crippen LogP contribution >= 0.6 is 11.3 Å². The van der Waals surface area contributed by atoms with Crippen LogP contribution in [0.5, 0.6) is 0 Å².